The zero-order chi connectivity index (χ0) is 9.94. The Morgan fingerprint density at radius 3 is 2.54 bits per heavy atom. The molecule has 0 aromatic carbocycles. The van der Waals surface area contributed by atoms with E-state index in [-0.39, 0.29) is 0 Å². The van der Waals surface area contributed by atoms with Gasteiger partial charge < -0.3 is 10.2 Å². The molecular formula is C10H24N2S. The molecule has 0 aliphatic heterocycles. The molecule has 0 radical (unpaired) electrons. The number of thioether (sulfide) groups is 1. The standard InChI is InChI=1S/C10H24N2S/c1-4-6-11-7-5-9-13-10-8-12(2)3/h11H,4-10H2,1-3H3. The maximum absolute atomic E-state index is 3.41. The van der Waals surface area contributed by atoms with E-state index in [2.05, 4.69) is 43.0 Å². The summed E-state index contributed by atoms with van der Waals surface area (Å²) >= 11 is 2.06. The van der Waals surface area contributed by atoms with Crippen molar-refractivity contribution in [1.29, 1.82) is 0 Å². The fourth-order valence-electron chi connectivity index (χ4n) is 0.950. The second-order valence-electron chi connectivity index (χ2n) is 3.52. The van der Waals surface area contributed by atoms with Crippen LogP contribution in [0.1, 0.15) is 19.8 Å². The van der Waals surface area contributed by atoms with Gasteiger partial charge in [-0.25, -0.2) is 0 Å². The molecule has 13 heavy (non-hydrogen) atoms. The minimum atomic E-state index is 1.17. The lowest BCUT2D eigenvalue weighted by atomic mass is 10.4. The Kier molecular flexibility index (Phi) is 10.6. The first-order chi connectivity index (χ1) is 6.27. The first-order valence-corrected chi connectivity index (χ1v) is 6.36. The lowest BCUT2D eigenvalue weighted by molar-refractivity contribution is 0.437. The van der Waals surface area contributed by atoms with Crippen LogP contribution in [0.25, 0.3) is 0 Å². The largest absolute Gasteiger partial charge is 0.317 e. The van der Waals surface area contributed by atoms with Crippen molar-refractivity contribution in [3.05, 3.63) is 0 Å². The Hall–Kier alpha value is 0.270. The summed E-state index contributed by atoms with van der Waals surface area (Å²) in [5, 5.41) is 3.41. The monoisotopic (exact) mass is 204 g/mol. The second-order valence-corrected chi connectivity index (χ2v) is 4.74. The third-order valence-electron chi connectivity index (χ3n) is 1.75. The molecular weight excluding hydrogens is 180 g/mol. The van der Waals surface area contributed by atoms with Gasteiger partial charge in [0.2, 0.25) is 0 Å². The molecule has 0 aliphatic rings. The van der Waals surface area contributed by atoms with Gasteiger partial charge in [-0.05, 0) is 45.8 Å². The summed E-state index contributed by atoms with van der Waals surface area (Å²) in [6, 6.07) is 0. The van der Waals surface area contributed by atoms with Crippen LogP contribution < -0.4 is 5.32 Å². The van der Waals surface area contributed by atoms with Gasteiger partial charge in [0.05, 0.1) is 0 Å². The van der Waals surface area contributed by atoms with Crippen molar-refractivity contribution in [2.75, 3.05) is 45.2 Å². The Morgan fingerprint density at radius 1 is 1.15 bits per heavy atom. The van der Waals surface area contributed by atoms with Crippen molar-refractivity contribution in [3.8, 4) is 0 Å². The van der Waals surface area contributed by atoms with Crippen LogP contribution in [0, 0.1) is 0 Å². The normalized spacial score (nSPS) is 11.1. The number of hydrogen-bond donors (Lipinski definition) is 1. The van der Waals surface area contributed by atoms with Crippen LogP contribution in [0.4, 0.5) is 0 Å². The molecule has 0 unspecified atom stereocenters. The molecule has 0 amide bonds. The molecule has 0 aromatic rings. The molecule has 0 saturated heterocycles. The molecule has 1 N–H and O–H groups in total. The van der Waals surface area contributed by atoms with Crippen LogP contribution in [-0.4, -0.2) is 50.1 Å². The van der Waals surface area contributed by atoms with Crippen molar-refractivity contribution < 1.29 is 0 Å². The van der Waals surface area contributed by atoms with Gasteiger partial charge >= 0.3 is 0 Å². The maximum atomic E-state index is 3.41. The van der Waals surface area contributed by atoms with Crippen LogP contribution in [0.5, 0.6) is 0 Å². The van der Waals surface area contributed by atoms with E-state index in [9.17, 15) is 0 Å². The van der Waals surface area contributed by atoms with E-state index < -0.39 is 0 Å². The highest BCUT2D eigenvalue weighted by molar-refractivity contribution is 7.99. The molecule has 80 valence electrons. The lowest BCUT2D eigenvalue weighted by Gasteiger charge is -2.08. The molecule has 0 saturated carbocycles. The fraction of sp³-hybridized carbons (Fsp3) is 1.00. The second kappa shape index (κ2) is 10.4. The van der Waals surface area contributed by atoms with Gasteiger partial charge in [-0.1, -0.05) is 6.92 Å². The van der Waals surface area contributed by atoms with Crippen molar-refractivity contribution in [1.82, 2.24) is 10.2 Å². The van der Waals surface area contributed by atoms with E-state index in [0.717, 1.165) is 0 Å². The molecule has 0 aliphatic carbocycles. The minimum Gasteiger partial charge on any atom is -0.317 e. The quantitative estimate of drug-likeness (QED) is 0.575. The highest BCUT2D eigenvalue weighted by Gasteiger charge is 1.91. The van der Waals surface area contributed by atoms with E-state index in [1.807, 2.05) is 0 Å². The van der Waals surface area contributed by atoms with Gasteiger partial charge in [0.15, 0.2) is 0 Å². The summed E-state index contributed by atoms with van der Waals surface area (Å²) in [5.41, 5.74) is 0. The van der Waals surface area contributed by atoms with Gasteiger partial charge in [-0.15, -0.1) is 0 Å². The molecule has 2 nitrogen and oxygen atoms in total. The average Bonchev–Trinajstić information content (AvgIpc) is 2.09. The summed E-state index contributed by atoms with van der Waals surface area (Å²) < 4.78 is 0. The van der Waals surface area contributed by atoms with Crippen molar-refractivity contribution >= 4 is 11.8 Å². The van der Waals surface area contributed by atoms with E-state index in [1.165, 1.54) is 44.0 Å². The third-order valence-corrected chi connectivity index (χ3v) is 2.80. The number of nitrogens with zero attached hydrogens (tertiary/aromatic N) is 1. The van der Waals surface area contributed by atoms with Crippen LogP contribution >= 0.6 is 11.8 Å². The minimum absolute atomic E-state index is 1.17. The zero-order valence-corrected chi connectivity index (χ0v) is 10.1. The summed E-state index contributed by atoms with van der Waals surface area (Å²) in [5.74, 6) is 2.56. The fourth-order valence-corrected chi connectivity index (χ4v) is 2.00. The molecule has 0 fully saturated rings. The first-order valence-electron chi connectivity index (χ1n) is 5.20. The molecule has 0 aromatic heterocycles. The lowest BCUT2D eigenvalue weighted by Crippen LogP contribution is -2.17. The number of nitrogens with one attached hydrogen (secondary N) is 1. The summed E-state index contributed by atoms with van der Waals surface area (Å²) in [7, 11) is 4.26. The third kappa shape index (κ3) is 12.3. The molecule has 0 bridgehead atoms. The highest BCUT2D eigenvalue weighted by atomic mass is 32.2. The molecule has 0 rings (SSSR count). The molecule has 0 atom stereocenters. The molecule has 3 heteroatoms. The van der Waals surface area contributed by atoms with E-state index in [0.29, 0.717) is 0 Å². The Morgan fingerprint density at radius 2 is 1.92 bits per heavy atom. The van der Waals surface area contributed by atoms with Crippen molar-refractivity contribution in [3.63, 3.8) is 0 Å². The Balaban J connectivity index is 2.84. The van der Waals surface area contributed by atoms with Gasteiger partial charge in [0.1, 0.15) is 0 Å². The smallest absolute Gasteiger partial charge is 0.00662 e. The molecule has 0 spiro atoms. The maximum Gasteiger partial charge on any atom is 0.00662 e. The summed E-state index contributed by atoms with van der Waals surface area (Å²) in [6.45, 7) is 5.76. The average molecular weight is 204 g/mol. The van der Waals surface area contributed by atoms with Gasteiger partial charge in [0.25, 0.3) is 0 Å². The Bertz CT molecular complexity index is 96.9. The van der Waals surface area contributed by atoms with Crippen molar-refractivity contribution in [2.24, 2.45) is 0 Å². The van der Waals surface area contributed by atoms with Crippen LogP contribution in [-0.2, 0) is 0 Å². The van der Waals surface area contributed by atoms with Gasteiger partial charge in [-0.3, -0.25) is 0 Å². The molecule has 0 heterocycles. The summed E-state index contributed by atoms with van der Waals surface area (Å²) in [4.78, 5) is 2.24. The predicted molar refractivity (Wildman–Crippen MR) is 63.7 cm³/mol. The van der Waals surface area contributed by atoms with E-state index >= 15 is 0 Å². The number of hydrogen-bond acceptors (Lipinski definition) is 3. The first kappa shape index (κ1) is 13.3. The number of rotatable bonds is 9. The van der Waals surface area contributed by atoms with Crippen LogP contribution in [0.15, 0.2) is 0 Å². The highest BCUT2D eigenvalue weighted by Crippen LogP contribution is 2.01. The SMILES string of the molecule is CCCNCCCSCCN(C)C. The zero-order valence-electron chi connectivity index (χ0n) is 9.31. The van der Waals surface area contributed by atoms with E-state index in [4.69, 9.17) is 0 Å². The van der Waals surface area contributed by atoms with Crippen LogP contribution in [0.3, 0.4) is 0 Å². The topological polar surface area (TPSA) is 15.3 Å². The summed E-state index contributed by atoms with van der Waals surface area (Å²) in [6.07, 6.45) is 2.55. The van der Waals surface area contributed by atoms with Crippen LogP contribution in [0.2, 0.25) is 0 Å². The Labute approximate surface area is 87.5 Å². The van der Waals surface area contributed by atoms with Crippen molar-refractivity contribution in [2.45, 2.75) is 19.8 Å². The van der Waals surface area contributed by atoms with E-state index in [1.54, 1.807) is 0 Å². The van der Waals surface area contributed by atoms with Gasteiger partial charge in [-0.2, -0.15) is 11.8 Å². The van der Waals surface area contributed by atoms with Gasteiger partial charge in [0, 0.05) is 12.3 Å². The predicted octanol–water partition coefficient (Wildman–Crippen LogP) is 1.67.